The van der Waals surface area contributed by atoms with Gasteiger partial charge < -0.3 is 9.47 Å². The van der Waals surface area contributed by atoms with Crippen LogP contribution in [0.1, 0.15) is 16.7 Å². The van der Waals surface area contributed by atoms with Crippen molar-refractivity contribution in [1.82, 2.24) is 0 Å². The highest BCUT2D eigenvalue weighted by Crippen LogP contribution is 2.28. The van der Waals surface area contributed by atoms with Crippen molar-refractivity contribution in [2.24, 2.45) is 0 Å². The molecule has 0 N–H and O–H groups in total. The Morgan fingerprint density at radius 1 is 1.04 bits per heavy atom. The molecule has 0 unspecified atom stereocenters. The van der Waals surface area contributed by atoms with Gasteiger partial charge in [0.2, 0.25) is 0 Å². The average molecular weight is 312 g/mol. The zero-order valence-corrected chi connectivity index (χ0v) is 12.9. The Kier molecular flexibility index (Phi) is 5.15. The van der Waals surface area contributed by atoms with Crippen molar-refractivity contribution in [3.8, 4) is 17.6 Å². The second kappa shape index (κ2) is 7.27. The van der Waals surface area contributed by atoms with E-state index in [9.17, 15) is 10.1 Å². The van der Waals surface area contributed by atoms with Gasteiger partial charge in [0.1, 0.15) is 11.6 Å². The fraction of sp³-hybridized carbons (Fsp3) is 0.235. The highest BCUT2D eigenvalue weighted by molar-refractivity contribution is 5.50. The molecule has 0 saturated carbocycles. The molecule has 0 radical (unpaired) electrons. The first-order chi connectivity index (χ1) is 11.1. The Morgan fingerprint density at radius 3 is 2.22 bits per heavy atom. The van der Waals surface area contributed by atoms with Gasteiger partial charge in [0.05, 0.1) is 19.1 Å². The summed E-state index contributed by atoms with van der Waals surface area (Å²) in [4.78, 5) is 10.5. The van der Waals surface area contributed by atoms with E-state index in [2.05, 4.69) is 0 Å². The predicted molar refractivity (Wildman–Crippen MR) is 84.8 cm³/mol. The molecule has 6 heteroatoms. The standard InChI is InChI=1S/C17H16N2O4/c1-22-16-8-6-13(10-17(16)23-2)4-3-12-5-7-14(11-18)15(9-12)19(20)21/h5-10H,3-4H2,1-2H3. The summed E-state index contributed by atoms with van der Waals surface area (Å²) in [6.45, 7) is 0. The molecule has 23 heavy (non-hydrogen) atoms. The van der Waals surface area contributed by atoms with E-state index < -0.39 is 4.92 Å². The molecular weight excluding hydrogens is 296 g/mol. The number of rotatable bonds is 6. The van der Waals surface area contributed by atoms with Crippen LogP contribution in [0, 0.1) is 21.4 Å². The molecule has 0 fully saturated rings. The number of nitriles is 1. The molecule has 2 rings (SSSR count). The Bertz CT molecular complexity index is 766. The molecular formula is C17H16N2O4. The van der Waals surface area contributed by atoms with Crippen molar-refractivity contribution >= 4 is 5.69 Å². The molecule has 2 aromatic rings. The lowest BCUT2D eigenvalue weighted by Gasteiger charge is -2.09. The number of nitro benzene ring substituents is 1. The average Bonchev–Trinajstić information content (AvgIpc) is 2.59. The molecule has 0 heterocycles. The number of methoxy groups -OCH3 is 2. The molecule has 0 aliphatic heterocycles. The van der Waals surface area contributed by atoms with Gasteiger partial charge in [-0.05, 0) is 42.2 Å². The fourth-order valence-electron chi connectivity index (χ4n) is 2.30. The Labute approximate surface area is 134 Å². The zero-order valence-electron chi connectivity index (χ0n) is 12.9. The molecule has 6 nitrogen and oxygen atoms in total. The molecule has 0 saturated heterocycles. The van der Waals surface area contributed by atoms with Crippen LogP contribution in [-0.4, -0.2) is 19.1 Å². The molecule has 0 aliphatic carbocycles. The first-order valence-electron chi connectivity index (χ1n) is 6.97. The lowest BCUT2D eigenvalue weighted by molar-refractivity contribution is -0.385. The van der Waals surface area contributed by atoms with E-state index in [-0.39, 0.29) is 11.3 Å². The van der Waals surface area contributed by atoms with E-state index in [0.29, 0.717) is 24.3 Å². The van der Waals surface area contributed by atoms with Crippen LogP contribution in [0.2, 0.25) is 0 Å². The lowest BCUT2D eigenvalue weighted by atomic mass is 10.0. The van der Waals surface area contributed by atoms with Gasteiger partial charge in [-0.25, -0.2) is 0 Å². The first kappa shape index (κ1) is 16.3. The van der Waals surface area contributed by atoms with E-state index in [0.717, 1.165) is 11.1 Å². The maximum atomic E-state index is 11.0. The fourth-order valence-corrected chi connectivity index (χ4v) is 2.30. The van der Waals surface area contributed by atoms with Gasteiger partial charge in [-0.3, -0.25) is 10.1 Å². The van der Waals surface area contributed by atoms with Crippen LogP contribution in [0.5, 0.6) is 11.5 Å². The summed E-state index contributed by atoms with van der Waals surface area (Å²) >= 11 is 0. The molecule has 2 aromatic carbocycles. The molecule has 0 amide bonds. The lowest BCUT2D eigenvalue weighted by Crippen LogP contribution is -1.97. The summed E-state index contributed by atoms with van der Waals surface area (Å²) in [6, 6.07) is 12.2. The van der Waals surface area contributed by atoms with Gasteiger partial charge in [0, 0.05) is 6.07 Å². The summed E-state index contributed by atoms with van der Waals surface area (Å²) in [7, 11) is 3.15. The maximum absolute atomic E-state index is 11.0. The van der Waals surface area contributed by atoms with E-state index >= 15 is 0 Å². The number of aryl methyl sites for hydroxylation is 2. The minimum Gasteiger partial charge on any atom is -0.493 e. The van der Waals surface area contributed by atoms with Gasteiger partial charge in [-0.1, -0.05) is 12.1 Å². The van der Waals surface area contributed by atoms with Crippen molar-refractivity contribution in [3.05, 3.63) is 63.2 Å². The predicted octanol–water partition coefficient (Wildman–Crippen LogP) is 3.27. The van der Waals surface area contributed by atoms with Gasteiger partial charge in [-0.2, -0.15) is 5.26 Å². The van der Waals surface area contributed by atoms with Crippen LogP contribution in [0.4, 0.5) is 5.69 Å². The van der Waals surface area contributed by atoms with Gasteiger partial charge in [0.15, 0.2) is 11.5 Å². The molecule has 0 aromatic heterocycles. The number of benzene rings is 2. The molecule has 0 bridgehead atoms. The third-order valence-corrected chi connectivity index (χ3v) is 3.53. The van der Waals surface area contributed by atoms with Crippen molar-refractivity contribution in [2.45, 2.75) is 12.8 Å². The van der Waals surface area contributed by atoms with Crippen LogP contribution in [0.3, 0.4) is 0 Å². The van der Waals surface area contributed by atoms with E-state index in [1.54, 1.807) is 20.3 Å². The van der Waals surface area contributed by atoms with Crippen molar-refractivity contribution in [1.29, 1.82) is 5.26 Å². The Hall–Kier alpha value is -3.07. The number of nitrogens with zero attached hydrogens (tertiary/aromatic N) is 2. The number of nitro groups is 1. The molecule has 0 spiro atoms. The van der Waals surface area contributed by atoms with Gasteiger partial charge in [0.25, 0.3) is 5.69 Å². The summed E-state index contributed by atoms with van der Waals surface area (Å²) in [6.07, 6.45) is 1.32. The van der Waals surface area contributed by atoms with Crippen LogP contribution < -0.4 is 9.47 Å². The quantitative estimate of drug-likeness (QED) is 0.603. The third-order valence-electron chi connectivity index (χ3n) is 3.53. The number of ether oxygens (including phenoxy) is 2. The van der Waals surface area contributed by atoms with Crippen LogP contribution >= 0.6 is 0 Å². The number of hydrogen-bond donors (Lipinski definition) is 0. The topological polar surface area (TPSA) is 85.4 Å². The van der Waals surface area contributed by atoms with Gasteiger partial charge in [-0.15, -0.1) is 0 Å². The summed E-state index contributed by atoms with van der Waals surface area (Å²) in [5.74, 6) is 1.31. The summed E-state index contributed by atoms with van der Waals surface area (Å²) < 4.78 is 10.5. The minimum atomic E-state index is -0.529. The zero-order chi connectivity index (χ0) is 16.8. The van der Waals surface area contributed by atoms with Crippen molar-refractivity contribution in [2.75, 3.05) is 14.2 Å². The maximum Gasteiger partial charge on any atom is 0.287 e. The van der Waals surface area contributed by atoms with E-state index in [4.69, 9.17) is 14.7 Å². The highest BCUT2D eigenvalue weighted by Gasteiger charge is 2.14. The molecule has 118 valence electrons. The Morgan fingerprint density at radius 2 is 1.65 bits per heavy atom. The Balaban J connectivity index is 2.17. The van der Waals surface area contributed by atoms with Crippen LogP contribution in [0.25, 0.3) is 0 Å². The first-order valence-corrected chi connectivity index (χ1v) is 6.97. The molecule has 0 atom stereocenters. The second-order valence-electron chi connectivity index (χ2n) is 4.91. The SMILES string of the molecule is COc1ccc(CCc2ccc(C#N)c([N+](=O)[O-])c2)cc1OC. The smallest absolute Gasteiger partial charge is 0.287 e. The van der Waals surface area contributed by atoms with E-state index in [1.165, 1.54) is 12.1 Å². The van der Waals surface area contributed by atoms with Crippen LogP contribution in [0.15, 0.2) is 36.4 Å². The van der Waals surface area contributed by atoms with Crippen LogP contribution in [-0.2, 0) is 12.8 Å². The van der Waals surface area contributed by atoms with Crippen molar-refractivity contribution in [3.63, 3.8) is 0 Å². The summed E-state index contributed by atoms with van der Waals surface area (Å²) in [5, 5.41) is 19.9. The van der Waals surface area contributed by atoms with E-state index in [1.807, 2.05) is 24.3 Å². The normalized spacial score (nSPS) is 9.96. The summed E-state index contributed by atoms with van der Waals surface area (Å²) in [5.41, 5.74) is 1.77. The molecule has 0 aliphatic rings. The number of hydrogen-bond acceptors (Lipinski definition) is 5. The largest absolute Gasteiger partial charge is 0.493 e. The van der Waals surface area contributed by atoms with Gasteiger partial charge >= 0.3 is 0 Å². The second-order valence-corrected chi connectivity index (χ2v) is 4.91. The highest BCUT2D eigenvalue weighted by atomic mass is 16.6. The third kappa shape index (κ3) is 3.77. The monoisotopic (exact) mass is 312 g/mol. The van der Waals surface area contributed by atoms with Crippen molar-refractivity contribution < 1.29 is 14.4 Å². The minimum absolute atomic E-state index is 0.0740.